The van der Waals surface area contributed by atoms with Gasteiger partial charge in [0.05, 0.1) is 29.9 Å². The number of ether oxygens (including phenoxy) is 1. The third-order valence-corrected chi connectivity index (χ3v) is 5.05. The Hall–Kier alpha value is -2.17. The average Bonchev–Trinajstić information content (AvgIpc) is 2.91. The van der Waals surface area contributed by atoms with Crippen molar-refractivity contribution < 1.29 is 14.8 Å². The van der Waals surface area contributed by atoms with Crippen LogP contribution in [0.25, 0.3) is 0 Å². The van der Waals surface area contributed by atoms with Crippen LogP contribution in [0.15, 0.2) is 6.20 Å². The summed E-state index contributed by atoms with van der Waals surface area (Å²) in [6.07, 6.45) is 2.60. The number of aromatic nitrogens is 4. The van der Waals surface area contributed by atoms with Crippen molar-refractivity contribution >= 4 is 34.7 Å². The van der Waals surface area contributed by atoms with Crippen LogP contribution in [0.4, 0.5) is 11.5 Å². The molecule has 10 nitrogen and oxygen atoms in total. The standard InChI is InChI=1S/C16H20Cl2N6O4/c1-8(20-14-12(17)7-19-16(18)21-14)3-4-28-15-13(24(26)27)9(2)23(22-15)10-5-11(25)6-10/h7-8,10-11,25H,3-6H2,1-2H3,(H,19,20,21). The van der Waals surface area contributed by atoms with Crippen molar-refractivity contribution in [3.05, 3.63) is 32.3 Å². The van der Waals surface area contributed by atoms with E-state index in [0.717, 1.165) is 0 Å². The van der Waals surface area contributed by atoms with Gasteiger partial charge >= 0.3 is 11.6 Å². The van der Waals surface area contributed by atoms with Crippen LogP contribution in [0.2, 0.25) is 10.3 Å². The Morgan fingerprint density at radius 3 is 2.86 bits per heavy atom. The lowest BCUT2D eigenvalue weighted by Gasteiger charge is -2.31. The van der Waals surface area contributed by atoms with Crippen LogP contribution in [0.5, 0.6) is 5.88 Å². The Morgan fingerprint density at radius 1 is 1.50 bits per heavy atom. The van der Waals surface area contributed by atoms with Gasteiger partial charge in [-0.25, -0.2) is 4.98 Å². The lowest BCUT2D eigenvalue weighted by molar-refractivity contribution is -0.386. The van der Waals surface area contributed by atoms with E-state index in [-0.39, 0.29) is 41.6 Å². The van der Waals surface area contributed by atoms with Gasteiger partial charge in [0.2, 0.25) is 5.28 Å². The van der Waals surface area contributed by atoms with Gasteiger partial charge in [-0.3, -0.25) is 14.8 Å². The van der Waals surface area contributed by atoms with E-state index in [0.29, 0.717) is 35.8 Å². The fraction of sp³-hybridized carbons (Fsp3) is 0.562. The predicted molar refractivity (Wildman–Crippen MR) is 103 cm³/mol. The molecular weight excluding hydrogens is 411 g/mol. The molecule has 2 N–H and O–H groups in total. The van der Waals surface area contributed by atoms with Crippen molar-refractivity contribution in [1.29, 1.82) is 0 Å². The van der Waals surface area contributed by atoms with Crippen molar-refractivity contribution in [2.24, 2.45) is 0 Å². The summed E-state index contributed by atoms with van der Waals surface area (Å²) in [6, 6.07) is -0.135. The van der Waals surface area contributed by atoms with Crippen molar-refractivity contribution in [2.75, 3.05) is 11.9 Å². The van der Waals surface area contributed by atoms with E-state index >= 15 is 0 Å². The minimum Gasteiger partial charge on any atom is -0.472 e. The zero-order chi connectivity index (χ0) is 20.4. The largest absolute Gasteiger partial charge is 0.472 e. The summed E-state index contributed by atoms with van der Waals surface area (Å²) in [6.45, 7) is 3.73. The van der Waals surface area contributed by atoms with Gasteiger partial charge in [-0.15, -0.1) is 5.10 Å². The zero-order valence-corrected chi connectivity index (χ0v) is 16.8. The lowest BCUT2D eigenvalue weighted by atomic mass is 9.89. The monoisotopic (exact) mass is 430 g/mol. The van der Waals surface area contributed by atoms with Crippen LogP contribution in [0.3, 0.4) is 0 Å². The third-order valence-electron chi connectivity index (χ3n) is 4.59. The minimum absolute atomic E-state index is 0.0146. The molecule has 3 rings (SSSR count). The SMILES string of the molecule is Cc1c([N+](=O)[O-])c(OCCC(C)Nc2nc(Cl)ncc2Cl)nn1C1CC(O)C1. The van der Waals surface area contributed by atoms with Crippen LogP contribution >= 0.6 is 23.2 Å². The summed E-state index contributed by atoms with van der Waals surface area (Å²) in [5.41, 5.74) is 0.276. The van der Waals surface area contributed by atoms with Crippen molar-refractivity contribution in [3.8, 4) is 5.88 Å². The second-order valence-corrected chi connectivity index (χ2v) is 7.48. The fourth-order valence-corrected chi connectivity index (χ4v) is 3.27. The molecule has 0 amide bonds. The fourth-order valence-electron chi connectivity index (χ4n) is 2.99. The van der Waals surface area contributed by atoms with Crippen molar-refractivity contribution in [3.63, 3.8) is 0 Å². The molecule has 0 bridgehead atoms. The van der Waals surface area contributed by atoms with E-state index in [2.05, 4.69) is 20.4 Å². The van der Waals surface area contributed by atoms with E-state index in [1.165, 1.54) is 6.20 Å². The number of rotatable bonds is 8. The van der Waals surface area contributed by atoms with Crippen LogP contribution < -0.4 is 10.1 Å². The molecule has 28 heavy (non-hydrogen) atoms. The van der Waals surface area contributed by atoms with Gasteiger partial charge in [-0.2, -0.15) is 4.98 Å². The Morgan fingerprint density at radius 2 is 2.21 bits per heavy atom. The van der Waals surface area contributed by atoms with Gasteiger partial charge in [0.15, 0.2) is 0 Å². The Balaban J connectivity index is 1.61. The summed E-state index contributed by atoms with van der Waals surface area (Å²) in [5.74, 6) is 0.392. The van der Waals surface area contributed by atoms with Gasteiger partial charge in [0, 0.05) is 12.5 Å². The molecule has 1 unspecified atom stereocenters. The maximum Gasteiger partial charge on any atom is 0.352 e. The molecule has 1 atom stereocenters. The van der Waals surface area contributed by atoms with Crippen LogP contribution in [0.1, 0.15) is 37.9 Å². The highest BCUT2D eigenvalue weighted by Gasteiger charge is 2.35. The highest BCUT2D eigenvalue weighted by Crippen LogP contribution is 2.38. The van der Waals surface area contributed by atoms with E-state index in [4.69, 9.17) is 27.9 Å². The van der Waals surface area contributed by atoms with Gasteiger partial charge in [-0.05, 0) is 38.3 Å². The van der Waals surface area contributed by atoms with Gasteiger partial charge < -0.3 is 15.2 Å². The maximum absolute atomic E-state index is 11.4. The molecule has 0 aliphatic heterocycles. The van der Waals surface area contributed by atoms with Crippen molar-refractivity contribution in [1.82, 2.24) is 19.7 Å². The number of aliphatic hydroxyl groups excluding tert-OH is 1. The normalized spacial score (nSPS) is 19.8. The topological polar surface area (TPSA) is 128 Å². The first-order chi connectivity index (χ1) is 13.3. The molecule has 1 fully saturated rings. The summed E-state index contributed by atoms with van der Waals surface area (Å²) < 4.78 is 7.17. The Kier molecular flexibility index (Phi) is 6.21. The second kappa shape index (κ2) is 8.46. The van der Waals surface area contributed by atoms with Crippen LogP contribution in [-0.2, 0) is 0 Å². The molecule has 0 saturated heterocycles. The first-order valence-corrected chi connectivity index (χ1v) is 9.50. The van der Waals surface area contributed by atoms with E-state index in [1.807, 2.05) is 6.92 Å². The third kappa shape index (κ3) is 4.45. The number of hydrogen-bond acceptors (Lipinski definition) is 8. The molecule has 1 saturated carbocycles. The number of aliphatic hydroxyl groups is 1. The quantitative estimate of drug-likeness (QED) is 0.371. The first kappa shape index (κ1) is 20.6. The number of hydrogen-bond donors (Lipinski definition) is 2. The molecule has 2 aromatic rings. The Bertz CT molecular complexity index is 871. The molecule has 1 aliphatic rings. The first-order valence-electron chi connectivity index (χ1n) is 8.75. The lowest BCUT2D eigenvalue weighted by Crippen LogP contribution is -2.32. The average molecular weight is 431 g/mol. The van der Waals surface area contributed by atoms with Crippen LogP contribution in [-0.4, -0.2) is 48.5 Å². The molecule has 12 heteroatoms. The molecule has 0 spiro atoms. The van der Waals surface area contributed by atoms with E-state index in [9.17, 15) is 15.2 Å². The predicted octanol–water partition coefficient (Wildman–Crippen LogP) is 3.16. The minimum atomic E-state index is -0.492. The molecule has 0 radical (unpaired) electrons. The van der Waals surface area contributed by atoms with Gasteiger partial charge in [0.25, 0.3) is 0 Å². The number of nitrogens with zero attached hydrogens (tertiary/aromatic N) is 5. The van der Waals surface area contributed by atoms with E-state index < -0.39 is 4.92 Å². The molecule has 2 heterocycles. The molecular formula is C16H20Cl2N6O4. The van der Waals surface area contributed by atoms with Gasteiger partial charge in [0.1, 0.15) is 16.5 Å². The highest BCUT2D eigenvalue weighted by molar-refractivity contribution is 6.33. The smallest absolute Gasteiger partial charge is 0.352 e. The number of halogens is 2. The van der Waals surface area contributed by atoms with Gasteiger partial charge in [-0.1, -0.05) is 11.6 Å². The number of nitrogens with one attached hydrogen (secondary N) is 1. The van der Waals surface area contributed by atoms with Crippen LogP contribution in [0, 0.1) is 17.0 Å². The maximum atomic E-state index is 11.4. The van der Waals surface area contributed by atoms with Crippen molar-refractivity contribution in [2.45, 2.75) is 51.3 Å². The molecule has 1 aliphatic carbocycles. The number of nitro groups is 1. The Labute approximate surface area is 171 Å². The summed E-state index contributed by atoms with van der Waals surface area (Å²) in [4.78, 5) is 18.7. The highest BCUT2D eigenvalue weighted by atomic mass is 35.5. The van der Waals surface area contributed by atoms with E-state index in [1.54, 1.807) is 11.6 Å². The molecule has 2 aromatic heterocycles. The summed E-state index contributed by atoms with van der Waals surface area (Å²) >= 11 is 11.8. The molecule has 0 aromatic carbocycles. The zero-order valence-electron chi connectivity index (χ0n) is 15.3. The second-order valence-electron chi connectivity index (χ2n) is 6.74. The molecule has 152 valence electrons. The summed E-state index contributed by atoms with van der Waals surface area (Å²) in [5, 5.41) is 28.7. The number of anilines is 1. The summed E-state index contributed by atoms with van der Waals surface area (Å²) in [7, 11) is 0.